The standard InChI is InChI=1S/C25H25FN6/c1-17(29-24-7-3-4-8-28-24)25-21-12-20(22(26)13-23(21)30-31-25)19-11-18(14-27-15-19)16-32-9-5-2-6-10-32/h3-4,7-8,11-15H,1-2,5-6,9-10,16H2,(H,28,29)(H,30,31). The fraction of sp³-hybridized carbons (Fsp3) is 0.240. The molecule has 4 aromatic rings. The van der Waals surface area contributed by atoms with Gasteiger partial charge in [-0.25, -0.2) is 9.37 Å². The second-order valence-electron chi connectivity index (χ2n) is 8.19. The van der Waals surface area contributed by atoms with Gasteiger partial charge in [-0.15, -0.1) is 0 Å². The number of halogens is 1. The van der Waals surface area contributed by atoms with Gasteiger partial charge in [-0.2, -0.15) is 5.10 Å². The number of nitrogens with one attached hydrogen (secondary N) is 2. The molecule has 162 valence electrons. The molecular formula is C25H25FN6. The van der Waals surface area contributed by atoms with Crippen molar-refractivity contribution in [2.45, 2.75) is 25.8 Å². The predicted octanol–water partition coefficient (Wildman–Crippen LogP) is 5.23. The molecule has 0 aliphatic carbocycles. The SMILES string of the molecule is C=C(Nc1ccccn1)c1n[nH]c2cc(F)c(-c3cncc(CN4CCCCC4)c3)cc12. The van der Waals surface area contributed by atoms with E-state index in [-0.39, 0.29) is 5.82 Å². The summed E-state index contributed by atoms with van der Waals surface area (Å²) in [6, 6.07) is 10.9. The number of rotatable bonds is 6. The number of benzene rings is 1. The van der Waals surface area contributed by atoms with Crippen molar-refractivity contribution in [3.8, 4) is 11.1 Å². The van der Waals surface area contributed by atoms with Crippen LogP contribution in [0.25, 0.3) is 27.7 Å². The van der Waals surface area contributed by atoms with Crippen LogP contribution >= 0.6 is 0 Å². The summed E-state index contributed by atoms with van der Waals surface area (Å²) in [4.78, 5) is 11.1. The van der Waals surface area contributed by atoms with E-state index in [1.165, 1.54) is 25.3 Å². The lowest BCUT2D eigenvalue weighted by Gasteiger charge is -2.26. The lowest BCUT2D eigenvalue weighted by atomic mass is 10.0. The number of likely N-dealkylation sites (tertiary alicyclic amines) is 1. The van der Waals surface area contributed by atoms with Gasteiger partial charge in [0.2, 0.25) is 0 Å². The third-order valence-electron chi connectivity index (χ3n) is 5.84. The quantitative estimate of drug-likeness (QED) is 0.440. The summed E-state index contributed by atoms with van der Waals surface area (Å²) in [6.45, 7) is 7.15. The molecule has 0 amide bonds. The van der Waals surface area contributed by atoms with Gasteiger partial charge in [0.05, 0.1) is 11.2 Å². The van der Waals surface area contributed by atoms with Crippen LogP contribution in [0.4, 0.5) is 10.2 Å². The molecule has 0 spiro atoms. The van der Waals surface area contributed by atoms with E-state index in [1.807, 2.05) is 36.5 Å². The fourth-order valence-electron chi connectivity index (χ4n) is 4.24. The van der Waals surface area contributed by atoms with Crippen molar-refractivity contribution in [3.63, 3.8) is 0 Å². The molecule has 0 bridgehead atoms. The summed E-state index contributed by atoms with van der Waals surface area (Å²) in [5.74, 6) is 0.360. The lowest BCUT2D eigenvalue weighted by Crippen LogP contribution is -2.29. The van der Waals surface area contributed by atoms with Crippen LogP contribution in [0.1, 0.15) is 30.5 Å². The van der Waals surface area contributed by atoms with Crippen molar-refractivity contribution < 1.29 is 4.39 Å². The Morgan fingerprint density at radius 2 is 2.00 bits per heavy atom. The van der Waals surface area contributed by atoms with Crippen molar-refractivity contribution in [1.82, 2.24) is 25.1 Å². The Morgan fingerprint density at radius 3 is 2.81 bits per heavy atom. The van der Waals surface area contributed by atoms with Gasteiger partial charge < -0.3 is 5.32 Å². The van der Waals surface area contributed by atoms with Crippen molar-refractivity contribution >= 4 is 22.4 Å². The third kappa shape index (κ3) is 4.24. The first kappa shape index (κ1) is 20.3. The first-order valence-corrected chi connectivity index (χ1v) is 10.9. The van der Waals surface area contributed by atoms with E-state index < -0.39 is 0 Å². The van der Waals surface area contributed by atoms with Crippen LogP contribution in [0.15, 0.2) is 61.6 Å². The number of H-pyrrole nitrogens is 1. The highest BCUT2D eigenvalue weighted by molar-refractivity contribution is 5.95. The molecule has 7 heteroatoms. The van der Waals surface area contributed by atoms with Gasteiger partial charge >= 0.3 is 0 Å². The van der Waals surface area contributed by atoms with E-state index in [0.717, 1.165) is 36.1 Å². The number of aromatic nitrogens is 4. The smallest absolute Gasteiger partial charge is 0.133 e. The molecule has 5 rings (SSSR count). The zero-order chi connectivity index (χ0) is 21.9. The normalized spacial score (nSPS) is 14.5. The maximum atomic E-state index is 15.0. The molecule has 0 atom stereocenters. The highest BCUT2D eigenvalue weighted by Crippen LogP contribution is 2.31. The van der Waals surface area contributed by atoms with E-state index in [1.54, 1.807) is 12.4 Å². The van der Waals surface area contributed by atoms with Crippen molar-refractivity contribution in [2.24, 2.45) is 0 Å². The molecule has 1 aliphatic rings. The molecule has 1 aromatic carbocycles. The van der Waals surface area contributed by atoms with Gasteiger partial charge in [-0.05, 0) is 55.8 Å². The first-order chi connectivity index (χ1) is 15.7. The van der Waals surface area contributed by atoms with Crippen LogP contribution < -0.4 is 5.32 Å². The summed E-state index contributed by atoms with van der Waals surface area (Å²) >= 11 is 0. The average molecular weight is 429 g/mol. The molecule has 6 nitrogen and oxygen atoms in total. The molecule has 0 saturated carbocycles. The third-order valence-corrected chi connectivity index (χ3v) is 5.84. The second-order valence-corrected chi connectivity index (χ2v) is 8.19. The van der Waals surface area contributed by atoms with E-state index in [4.69, 9.17) is 0 Å². The largest absolute Gasteiger partial charge is 0.339 e. The van der Waals surface area contributed by atoms with E-state index in [9.17, 15) is 0 Å². The van der Waals surface area contributed by atoms with Gasteiger partial charge in [0.1, 0.15) is 17.3 Å². The van der Waals surface area contributed by atoms with Crippen molar-refractivity contribution in [1.29, 1.82) is 0 Å². The number of piperidine rings is 1. The minimum atomic E-state index is -0.312. The van der Waals surface area contributed by atoms with Gasteiger partial charge in [0.25, 0.3) is 0 Å². The number of pyridine rings is 2. The summed E-state index contributed by atoms with van der Waals surface area (Å²) in [5, 5.41) is 11.2. The van der Waals surface area contributed by atoms with E-state index in [2.05, 4.69) is 37.0 Å². The number of anilines is 1. The zero-order valence-corrected chi connectivity index (χ0v) is 17.8. The Kier molecular flexibility index (Phi) is 5.64. The van der Waals surface area contributed by atoms with Gasteiger partial charge in [-0.3, -0.25) is 15.0 Å². The predicted molar refractivity (Wildman–Crippen MR) is 125 cm³/mol. The van der Waals surface area contributed by atoms with Crippen molar-refractivity contribution in [2.75, 3.05) is 18.4 Å². The molecule has 3 aromatic heterocycles. The lowest BCUT2D eigenvalue weighted by molar-refractivity contribution is 0.220. The summed E-state index contributed by atoms with van der Waals surface area (Å²) in [5.41, 5.74) is 4.18. The molecule has 0 radical (unpaired) electrons. The van der Waals surface area contributed by atoms with Crippen LogP contribution in [0.2, 0.25) is 0 Å². The number of hydrogen-bond donors (Lipinski definition) is 2. The van der Waals surface area contributed by atoms with Crippen LogP contribution in [-0.2, 0) is 6.54 Å². The van der Waals surface area contributed by atoms with Gasteiger partial charge in [0.15, 0.2) is 0 Å². The molecule has 4 heterocycles. The molecule has 2 N–H and O–H groups in total. The summed E-state index contributed by atoms with van der Waals surface area (Å²) in [6.07, 6.45) is 9.06. The minimum absolute atomic E-state index is 0.312. The van der Waals surface area contributed by atoms with Gasteiger partial charge in [-0.1, -0.05) is 19.1 Å². The monoisotopic (exact) mass is 428 g/mol. The van der Waals surface area contributed by atoms with Crippen LogP contribution in [0, 0.1) is 5.82 Å². The highest BCUT2D eigenvalue weighted by atomic mass is 19.1. The number of nitrogens with zero attached hydrogens (tertiary/aromatic N) is 4. The molecule has 1 saturated heterocycles. The first-order valence-electron chi connectivity index (χ1n) is 10.9. The van der Waals surface area contributed by atoms with Gasteiger partial charge in [0, 0.05) is 47.7 Å². The molecule has 1 aliphatic heterocycles. The number of aromatic amines is 1. The fourth-order valence-corrected chi connectivity index (χ4v) is 4.24. The van der Waals surface area contributed by atoms with Crippen molar-refractivity contribution in [3.05, 3.63) is 78.6 Å². The maximum Gasteiger partial charge on any atom is 0.133 e. The second kappa shape index (κ2) is 8.88. The molecule has 32 heavy (non-hydrogen) atoms. The minimum Gasteiger partial charge on any atom is -0.339 e. The Morgan fingerprint density at radius 1 is 1.12 bits per heavy atom. The Bertz CT molecular complexity index is 1240. The average Bonchev–Trinajstić information content (AvgIpc) is 3.23. The molecular weight excluding hydrogens is 403 g/mol. The van der Waals surface area contributed by atoms with Crippen LogP contribution in [0.5, 0.6) is 0 Å². The zero-order valence-electron chi connectivity index (χ0n) is 17.8. The van der Waals surface area contributed by atoms with E-state index in [0.29, 0.717) is 28.3 Å². The summed E-state index contributed by atoms with van der Waals surface area (Å²) < 4.78 is 15.0. The van der Waals surface area contributed by atoms with E-state index >= 15 is 4.39 Å². The number of fused-ring (bicyclic) bond motifs is 1. The molecule has 1 fully saturated rings. The van der Waals surface area contributed by atoms with Crippen LogP contribution in [-0.4, -0.2) is 38.2 Å². The Hall–Kier alpha value is -3.58. The maximum absolute atomic E-state index is 15.0. The Labute approximate surface area is 186 Å². The highest BCUT2D eigenvalue weighted by Gasteiger charge is 2.16. The summed E-state index contributed by atoms with van der Waals surface area (Å²) in [7, 11) is 0. The number of hydrogen-bond acceptors (Lipinski definition) is 5. The molecule has 0 unspecified atom stereocenters. The van der Waals surface area contributed by atoms with Crippen LogP contribution in [0.3, 0.4) is 0 Å². The topological polar surface area (TPSA) is 69.7 Å². The Balaban J connectivity index is 1.45.